The van der Waals surface area contributed by atoms with Gasteiger partial charge in [-0.25, -0.2) is 0 Å². The van der Waals surface area contributed by atoms with Gasteiger partial charge in [0.1, 0.15) is 0 Å². The van der Waals surface area contributed by atoms with Crippen molar-refractivity contribution in [2.45, 2.75) is 32.7 Å². The van der Waals surface area contributed by atoms with Gasteiger partial charge in [-0.05, 0) is 19.4 Å². The zero-order chi connectivity index (χ0) is 14.1. The summed E-state index contributed by atoms with van der Waals surface area (Å²) < 4.78 is 5.40. The molecule has 2 N–H and O–H groups in total. The van der Waals surface area contributed by atoms with Crippen molar-refractivity contribution in [2.24, 2.45) is 5.92 Å². The normalized spacial score (nSPS) is 18.5. The highest BCUT2D eigenvalue weighted by Gasteiger charge is 2.22. The SMILES string of the molecule is CNCCC(=O)NCC(CC(C)C)N1CCOCC1. The van der Waals surface area contributed by atoms with Gasteiger partial charge < -0.3 is 15.4 Å². The fourth-order valence-electron chi connectivity index (χ4n) is 2.41. The number of ether oxygens (including phenoxy) is 1. The third-order valence-electron chi connectivity index (χ3n) is 3.44. The van der Waals surface area contributed by atoms with Gasteiger partial charge in [0.05, 0.1) is 13.2 Å². The van der Waals surface area contributed by atoms with Crippen LogP contribution < -0.4 is 10.6 Å². The van der Waals surface area contributed by atoms with E-state index in [1.54, 1.807) is 0 Å². The third kappa shape index (κ3) is 6.89. The van der Waals surface area contributed by atoms with Crippen molar-refractivity contribution >= 4 is 5.91 Å². The van der Waals surface area contributed by atoms with Gasteiger partial charge in [-0.2, -0.15) is 0 Å². The molecule has 1 aliphatic heterocycles. The summed E-state index contributed by atoms with van der Waals surface area (Å²) in [5.74, 6) is 0.776. The Kier molecular flexibility index (Phi) is 8.02. The van der Waals surface area contributed by atoms with Crippen LogP contribution in [0.3, 0.4) is 0 Å². The smallest absolute Gasteiger partial charge is 0.221 e. The van der Waals surface area contributed by atoms with Crippen molar-refractivity contribution in [3.63, 3.8) is 0 Å². The predicted molar refractivity (Wildman–Crippen MR) is 77.2 cm³/mol. The maximum Gasteiger partial charge on any atom is 0.221 e. The fraction of sp³-hybridized carbons (Fsp3) is 0.929. The fourth-order valence-corrected chi connectivity index (χ4v) is 2.41. The van der Waals surface area contributed by atoms with Crippen LogP contribution in [0.4, 0.5) is 0 Å². The van der Waals surface area contributed by atoms with E-state index in [9.17, 15) is 4.79 Å². The van der Waals surface area contributed by atoms with Gasteiger partial charge in [0.2, 0.25) is 5.91 Å². The lowest BCUT2D eigenvalue weighted by Gasteiger charge is -2.35. The average Bonchev–Trinajstić information content (AvgIpc) is 2.41. The van der Waals surface area contributed by atoms with Crippen molar-refractivity contribution in [2.75, 3.05) is 46.4 Å². The van der Waals surface area contributed by atoms with E-state index >= 15 is 0 Å². The Hall–Kier alpha value is -0.650. The molecule has 1 rings (SSSR count). The molecule has 0 radical (unpaired) electrons. The lowest BCUT2D eigenvalue weighted by atomic mass is 10.0. The summed E-state index contributed by atoms with van der Waals surface area (Å²) in [6.07, 6.45) is 1.67. The molecule has 19 heavy (non-hydrogen) atoms. The number of carbonyl (C=O) groups is 1. The van der Waals surface area contributed by atoms with E-state index in [1.807, 2.05) is 7.05 Å². The van der Waals surface area contributed by atoms with Gasteiger partial charge in [-0.1, -0.05) is 13.8 Å². The lowest BCUT2D eigenvalue weighted by Crippen LogP contribution is -2.49. The molecule has 1 atom stereocenters. The number of amides is 1. The van der Waals surface area contributed by atoms with Gasteiger partial charge in [0.25, 0.3) is 0 Å². The highest BCUT2D eigenvalue weighted by molar-refractivity contribution is 5.76. The van der Waals surface area contributed by atoms with Crippen LogP contribution >= 0.6 is 0 Å². The van der Waals surface area contributed by atoms with Gasteiger partial charge in [-0.3, -0.25) is 9.69 Å². The van der Waals surface area contributed by atoms with Crippen LogP contribution in [0.2, 0.25) is 0 Å². The second-order valence-corrected chi connectivity index (χ2v) is 5.59. The molecule has 5 nitrogen and oxygen atoms in total. The molecule has 1 unspecified atom stereocenters. The maximum atomic E-state index is 11.7. The molecule has 0 aromatic carbocycles. The van der Waals surface area contributed by atoms with Gasteiger partial charge in [0.15, 0.2) is 0 Å². The summed E-state index contributed by atoms with van der Waals surface area (Å²) in [4.78, 5) is 14.1. The average molecular weight is 271 g/mol. The summed E-state index contributed by atoms with van der Waals surface area (Å²) in [7, 11) is 1.86. The number of morpholine rings is 1. The van der Waals surface area contributed by atoms with Crippen LogP contribution in [0.1, 0.15) is 26.7 Å². The summed E-state index contributed by atoms with van der Waals surface area (Å²) >= 11 is 0. The first-order valence-electron chi connectivity index (χ1n) is 7.36. The Bertz CT molecular complexity index is 253. The predicted octanol–water partition coefficient (Wildman–Crippen LogP) is 0.459. The van der Waals surface area contributed by atoms with E-state index in [1.165, 1.54) is 0 Å². The molecule has 0 aliphatic carbocycles. The van der Waals surface area contributed by atoms with Gasteiger partial charge >= 0.3 is 0 Å². The van der Waals surface area contributed by atoms with Gasteiger partial charge in [0, 0.05) is 38.6 Å². The van der Waals surface area contributed by atoms with Crippen molar-refractivity contribution in [1.29, 1.82) is 0 Å². The second kappa shape index (κ2) is 9.28. The number of hydrogen-bond donors (Lipinski definition) is 2. The molecule has 1 aliphatic rings. The molecular weight excluding hydrogens is 242 g/mol. The minimum Gasteiger partial charge on any atom is -0.379 e. The van der Waals surface area contributed by atoms with E-state index in [0.29, 0.717) is 18.4 Å². The van der Waals surface area contributed by atoms with Crippen LogP contribution in [-0.4, -0.2) is 63.3 Å². The van der Waals surface area contributed by atoms with Gasteiger partial charge in [-0.15, -0.1) is 0 Å². The van der Waals surface area contributed by atoms with Crippen molar-refractivity contribution in [3.8, 4) is 0 Å². The minimum absolute atomic E-state index is 0.136. The van der Waals surface area contributed by atoms with E-state index in [2.05, 4.69) is 29.4 Å². The number of hydrogen-bond acceptors (Lipinski definition) is 4. The summed E-state index contributed by atoms with van der Waals surface area (Å²) in [5, 5.41) is 6.05. The third-order valence-corrected chi connectivity index (χ3v) is 3.44. The largest absolute Gasteiger partial charge is 0.379 e. The van der Waals surface area contributed by atoms with E-state index in [-0.39, 0.29) is 5.91 Å². The lowest BCUT2D eigenvalue weighted by molar-refractivity contribution is -0.121. The summed E-state index contributed by atoms with van der Waals surface area (Å²) in [6, 6.07) is 0.433. The molecular formula is C14H29N3O2. The highest BCUT2D eigenvalue weighted by atomic mass is 16.5. The zero-order valence-corrected chi connectivity index (χ0v) is 12.6. The van der Waals surface area contributed by atoms with Crippen LogP contribution in [0.5, 0.6) is 0 Å². The quantitative estimate of drug-likeness (QED) is 0.673. The molecule has 1 fully saturated rings. The first kappa shape index (κ1) is 16.4. The van der Waals surface area contributed by atoms with Crippen molar-refractivity contribution < 1.29 is 9.53 Å². The highest BCUT2D eigenvalue weighted by Crippen LogP contribution is 2.12. The number of nitrogens with zero attached hydrogens (tertiary/aromatic N) is 1. The first-order chi connectivity index (χ1) is 9.13. The minimum atomic E-state index is 0.136. The van der Waals surface area contributed by atoms with E-state index < -0.39 is 0 Å². The summed E-state index contributed by atoms with van der Waals surface area (Å²) in [6.45, 7) is 9.52. The van der Waals surface area contributed by atoms with E-state index in [0.717, 1.165) is 45.8 Å². The van der Waals surface area contributed by atoms with E-state index in [4.69, 9.17) is 4.74 Å². The Morgan fingerprint density at radius 2 is 2.00 bits per heavy atom. The van der Waals surface area contributed by atoms with Crippen LogP contribution in [0.15, 0.2) is 0 Å². The monoisotopic (exact) mass is 271 g/mol. The van der Waals surface area contributed by atoms with Crippen molar-refractivity contribution in [1.82, 2.24) is 15.5 Å². The molecule has 1 heterocycles. The molecule has 0 aromatic rings. The molecule has 0 aromatic heterocycles. The molecule has 0 spiro atoms. The zero-order valence-electron chi connectivity index (χ0n) is 12.6. The topological polar surface area (TPSA) is 53.6 Å². The number of rotatable bonds is 8. The standard InChI is InChI=1S/C14H29N3O2/c1-12(2)10-13(17-6-8-19-9-7-17)11-16-14(18)4-5-15-3/h12-13,15H,4-11H2,1-3H3,(H,16,18). The Morgan fingerprint density at radius 1 is 1.32 bits per heavy atom. The van der Waals surface area contributed by atoms with Crippen LogP contribution in [0.25, 0.3) is 0 Å². The molecule has 0 saturated carbocycles. The number of nitrogens with one attached hydrogen (secondary N) is 2. The Balaban J connectivity index is 2.37. The Morgan fingerprint density at radius 3 is 2.58 bits per heavy atom. The molecule has 1 saturated heterocycles. The molecule has 112 valence electrons. The Labute approximate surface area is 117 Å². The first-order valence-corrected chi connectivity index (χ1v) is 7.36. The second-order valence-electron chi connectivity index (χ2n) is 5.59. The molecule has 0 bridgehead atoms. The van der Waals surface area contributed by atoms with Crippen LogP contribution in [-0.2, 0) is 9.53 Å². The maximum absolute atomic E-state index is 11.7. The van der Waals surface area contributed by atoms with Crippen molar-refractivity contribution in [3.05, 3.63) is 0 Å². The molecule has 5 heteroatoms. The van der Waals surface area contributed by atoms with Crippen LogP contribution in [0, 0.1) is 5.92 Å². The number of carbonyl (C=O) groups excluding carboxylic acids is 1. The molecule has 1 amide bonds. The summed E-state index contributed by atoms with van der Waals surface area (Å²) in [5.41, 5.74) is 0.